The van der Waals surface area contributed by atoms with Crippen LogP contribution in [0.1, 0.15) is 12.8 Å². The van der Waals surface area contributed by atoms with Gasteiger partial charge < -0.3 is 24.4 Å². The Kier molecular flexibility index (Phi) is 3.93. The van der Waals surface area contributed by atoms with Gasteiger partial charge in [-0.25, -0.2) is 0 Å². The predicted molar refractivity (Wildman–Crippen MR) is 51.5 cm³/mol. The maximum Gasteiger partial charge on any atom is 0.114 e. The van der Waals surface area contributed by atoms with Crippen molar-refractivity contribution in [1.29, 1.82) is 0 Å². The summed E-state index contributed by atoms with van der Waals surface area (Å²) in [5, 5.41) is 18.3. The second-order valence-corrected chi connectivity index (χ2v) is 4.05. The second kappa shape index (κ2) is 5.23. The third kappa shape index (κ3) is 2.68. The minimum Gasteiger partial charge on any atom is -0.388 e. The van der Waals surface area contributed by atoms with Crippen LogP contribution in [0.15, 0.2) is 0 Å². The van der Waals surface area contributed by atoms with Crippen LogP contribution >= 0.6 is 0 Å². The fourth-order valence-electron chi connectivity index (χ4n) is 1.97. The van der Waals surface area contributed by atoms with Gasteiger partial charge in [-0.2, -0.15) is 0 Å². The van der Waals surface area contributed by atoms with Gasteiger partial charge in [-0.3, -0.25) is 0 Å². The molecule has 0 spiro atoms. The topological polar surface area (TPSA) is 68.2 Å². The van der Waals surface area contributed by atoms with Crippen LogP contribution in [0.4, 0.5) is 0 Å². The van der Waals surface area contributed by atoms with Gasteiger partial charge in [0.25, 0.3) is 0 Å². The Morgan fingerprint density at radius 2 is 1.27 bits per heavy atom. The van der Waals surface area contributed by atoms with E-state index in [4.69, 9.17) is 24.4 Å². The summed E-state index contributed by atoms with van der Waals surface area (Å²) in [4.78, 5) is 0. The highest BCUT2D eigenvalue weighted by Crippen LogP contribution is 2.26. The monoisotopic (exact) mass is 218 g/mol. The van der Waals surface area contributed by atoms with Crippen molar-refractivity contribution < 1.29 is 24.4 Å². The average Bonchev–Trinajstić information content (AvgIpc) is 2.91. The third-order valence-corrected chi connectivity index (χ3v) is 2.83. The summed E-state index contributed by atoms with van der Waals surface area (Å²) in [6.45, 7) is 2.57. The fourth-order valence-corrected chi connectivity index (χ4v) is 1.97. The molecular weight excluding hydrogens is 200 g/mol. The Morgan fingerprint density at radius 1 is 0.800 bits per heavy atom. The number of fused-ring (bicyclic) bond motifs is 1. The highest BCUT2D eigenvalue weighted by molar-refractivity contribution is 4.93. The first kappa shape index (κ1) is 11.3. The van der Waals surface area contributed by atoms with Gasteiger partial charge in [0.1, 0.15) is 24.4 Å². The van der Waals surface area contributed by atoms with Gasteiger partial charge in [-0.15, -0.1) is 0 Å². The third-order valence-electron chi connectivity index (χ3n) is 2.83. The maximum absolute atomic E-state index is 9.16. The van der Waals surface area contributed by atoms with E-state index in [0.29, 0.717) is 0 Å². The zero-order chi connectivity index (χ0) is 10.7. The molecule has 3 saturated heterocycles. The molecule has 0 amide bonds. The summed E-state index contributed by atoms with van der Waals surface area (Å²) in [6, 6.07) is 0. The number of aliphatic hydroxyl groups excluding tert-OH is 2. The molecule has 5 nitrogen and oxygen atoms in total. The summed E-state index contributed by atoms with van der Waals surface area (Å²) in [5.74, 6) is 0. The molecule has 0 saturated carbocycles. The maximum atomic E-state index is 9.16. The van der Waals surface area contributed by atoms with E-state index < -0.39 is 12.2 Å². The molecule has 88 valence electrons. The summed E-state index contributed by atoms with van der Waals surface area (Å²) >= 11 is 0. The van der Waals surface area contributed by atoms with Crippen molar-refractivity contribution in [3.05, 3.63) is 0 Å². The largest absolute Gasteiger partial charge is 0.388 e. The standard InChI is InChI=1S/C6H10O4.C4H8O/c7-3-1-9-6-4(8)2-10-5(3)6;1-2-4-5-3-1/h3-8H,1-2H2;1-4H2/t3-,4+,5-,6-;/m1./s1. The van der Waals surface area contributed by atoms with Gasteiger partial charge in [0.2, 0.25) is 0 Å². The molecule has 0 aromatic heterocycles. The average molecular weight is 218 g/mol. The molecule has 15 heavy (non-hydrogen) atoms. The Hall–Kier alpha value is -0.200. The molecule has 0 aromatic carbocycles. The van der Waals surface area contributed by atoms with Gasteiger partial charge in [0.05, 0.1) is 13.2 Å². The number of ether oxygens (including phenoxy) is 3. The van der Waals surface area contributed by atoms with Gasteiger partial charge in [0.15, 0.2) is 0 Å². The summed E-state index contributed by atoms with van der Waals surface area (Å²) in [7, 11) is 0. The van der Waals surface area contributed by atoms with Gasteiger partial charge >= 0.3 is 0 Å². The quantitative estimate of drug-likeness (QED) is 0.563. The van der Waals surface area contributed by atoms with Crippen molar-refractivity contribution in [2.45, 2.75) is 37.3 Å². The summed E-state index contributed by atoms with van der Waals surface area (Å²) in [5.41, 5.74) is 0. The van der Waals surface area contributed by atoms with E-state index in [0.717, 1.165) is 13.2 Å². The van der Waals surface area contributed by atoms with Crippen molar-refractivity contribution in [2.75, 3.05) is 26.4 Å². The zero-order valence-corrected chi connectivity index (χ0v) is 8.67. The first-order valence-corrected chi connectivity index (χ1v) is 5.46. The molecule has 0 aromatic rings. The van der Waals surface area contributed by atoms with E-state index in [9.17, 15) is 0 Å². The lowest BCUT2D eigenvalue weighted by molar-refractivity contribution is 0.00205. The molecule has 0 unspecified atom stereocenters. The van der Waals surface area contributed by atoms with Gasteiger partial charge in [-0.05, 0) is 12.8 Å². The molecule has 3 fully saturated rings. The predicted octanol–water partition coefficient (Wildman–Crippen LogP) is -0.697. The number of hydrogen-bond acceptors (Lipinski definition) is 5. The first-order valence-electron chi connectivity index (χ1n) is 5.46. The van der Waals surface area contributed by atoms with Crippen LogP contribution < -0.4 is 0 Å². The van der Waals surface area contributed by atoms with Crippen LogP contribution in [0.25, 0.3) is 0 Å². The second-order valence-electron chi connectivity index (χ2n) is 4.05. The van der Waals surface area contributed by atoms with Crippen LogP contribution in [-0.2, 0) is 14.2 Å². The van der Waals surface area contributed by atoms with E-state index in [1.54, 1.807) is 0 Å². The Morgan fingerprint density at radius 3 is 1.60 bits per heavy atom. The molecule has 0 bridgehead atoms. The molecule has 4 atom stereocenters. The van der Waals surface area contributed by atoms with Crippen LogP contribution in [-0.4, -0.2) is 61.1 Å². The number of aliphatic hydroxyl groups is 2. The molecule has 3 aliphatic heterocycles. The van der Waals surface area contributed by atoms with Crippen molar-refractivity contribution >= 4 is 0 Å². The van der Waals surface area contributed by atoms with Crippen LogP contribution in [0.3, 0.4) is 0 Å². The van der Waals surface area contributed by atoms with E-state index in [-0.39, 0.29) is 25.4 Å². The Balaban J connectivity index is 0.000000144. The van der Waals surface area contributed by atoms with E-state index in [2.05, 4.69) is 0 Å². The highest BCUT2D eigenvalue weighted by Gasteiger charge is 2.46. The minimum absolute atomic E-state index is 0.284. The van der Waals surface area contributed by atoms with Crippen LogP contribution in [0.5, 0.6) is 0 Å². The Bertz CT molecular complexity index is 171. The molecule has 3 rings (SSSR count). The molecule has 0 radical (unpaired) electrons. The van der Waals surface area contributed by atoms with Gasteiger partial charge in [-0.1, -0.05) is 0 Å². The first-order chi connectivity index (χ1) is 7.29. The molecule has 5 heteroatoms. The minimum atomic E-state index is -0.554. The van der Waals surface area contributed by atoms with E-state index in [1.165, 1.54) is 12.8 Å². The van der Waals surface area contributed by atoms with E-state index >= 15 is 0 Å². The van der Waals surface area contributed by atoms with Crippen LogP contribution in [0.2, 0.25) is 0 Å². The highest BCUT2D eigenvalue weighted by atomic mass is 16.6. The summed E-state index contributed by atoms with van der Waals surface area (Å²) < 4.78 is 15.1. The fraction of sp³-hybridized carbons (Fsp3) is 1.00. The smallest absolute Gasteiger partial charge is 0.114 e. The number of hydrogen-bond donors (Lipinski definition) is 2. The number of rotatable bonds is 0. The lowest BCUT2D eigenvalue weighted by Crippen LogP contribution is -2.30. The van der Waals surface area contributed by atoms with Gasteiger partial charge in [0, 0.05) is 13.2 Å². The Labute approximate surface area is 88.9 Å². The van der Waals surface area contributed by atoms with Crippen molar-refractivity contribution in [3.8, 4) is 0 Å². The lowest BCUT2D eigenvalue weighted by Gasteiger charge is -2.09. The summed E-state index contributed by atoms with van der Waals surface area (Å²) in [6.07, 6.45) is 0.856. The molecule has 3 heterocycles. The molecule has 0 aliphatic carbocycles. The molecular formula is C10H18O5. The lowest BCUT2D eigenvalue weighted by atomic mass is 10.1. The molecule has 2 N–H and O–H groups in total. The van der Waals surface area contributed by atoms with Crippen molar-refractivity contribution in [2.24, 2.45) is 0 Å². The SMILES string of the molecule is C1CCOC1.O[C@@H]1CO[C@H]2[C@@H]1OC[C@@H]2O. The molecule has 3 aliphatic rings. The van der Waals surface area contributed by atoms with Crippen molar-refractivity contribution in [1.82, 2.24) is 0 Å². The van der Waals surface area contributed by atoms with Crippen LogP contribution in [0, 0.1) is 0 Å². The van der Waals surface area contributed by atoms with E-state index in [1.807, 2.05) is 0 Å². The normalized spacial score (nSPS) is 43.6. The zero-order valence-electron chi connectivity index (χ0n) is 8.67. The van der Waals surface area contributed by atoms with Crippen molar-refractivity contribution in [3.63, 3.8) is 0 Å².